The summed E-state index contributed by atoms with van der Waals surface area (Å²) < 4.78 is 66.2. The number of esters is 2. The standard InChI is InChI=1S/C25H30O10S/c1-18(26)33-22-23(31-15-21-12-8-5-9-13-21)25(17-32-36(3,28)29,35-24(22)34-19(2)27)16-30-14-20-10-6-4-7-11-20/h4-13,22-24H,14-17H2,1-3H3/t22-,23+,24?,25+/m1/s1/i17D/t17?,22-,23+,24?,25+. The molecule has 2 unspecified atom stereocenters. The molecule has 10 nitrogen and oxygen atoms in total. The van der Waals surface area contributed by atoms with Crippen molar-refractivity contribution in [3.8, 4) is 0 Å². The zero-order valence-electron chi connectivity index (χ0n) is 21.2. The molecule has 0 N–H and O–H groups in total. The molecule has 1 aliphatic heterocycles. The van der Waals surface area contributed by atoms with Crippen molar-refractivity contribution in [3.05, 3.63) is 71.8 Å². The van der Waals surface area contributed by atoms with Gasteiger partial charge < -0.3 is 23.7 Å². The highest BCUT2D eigenvalue weighted by Gasteiger charge is 2.60. The van der Waals surface area contributed by atoms with Gasteiger partial charge in [0.1, 0.15) is 12.7 Å². The predicted molar refractivity (Wildman–Crippen MR) is 127 cm³/mol. The van der Waals surface area contributed by atoms with Crippen LogP contribution in [0.3, 0.4) is 0 Å². The van der Waals surface area contributed by atoms with Crippen LogP contribution in [-0.2, 0) is 60.8 Å². The van der Waals surface area contributed by atoms with Gasteiger partial charge in [0.05, 0.1) is 27.4 Å². The fraction of sp³-hybridized carbons (Fsp3) is 0.440. The number of carbonyl (C=O) groups excluding carboxylic acids is 2. The summed E-state index contributed by atoms with van der Waals surface area (Å²) in [4.78, 5) is 23.8. The van der Waals surface area contributed by atoms with Crippen molar-refractivity contribution < 1.29 is 47.2 Å². The molecular formula is C25H30O10S. The summed E-state index contributed by atoms with van der Waals surface area (Å²) in [6.45, 7) is -0.00940. The van der Waals surface area contributed by atoms with Crippen molar-refractivity contribution in [2.24, 2.45) is 0 Å². The molecule has 0 bridgehead atoms. The van der Waals surface area contributed by atoms with Gasteiger partial charge in [-0.05, 0) is 11.1 Å². The third-order valence-electron chi connectivity index (χ3n) is 5.10. The van der Waals surface area contributed by atoms with Crippen LogP contribution in [0.25, 0.3) is 0 Å². The van der Waals surface area contributed by atoms with E-state index < -0.39 is 59.3 Å². The van der Waals surface area contributed by atoms with Gasteiger partial charge in [-0.1, -0.05) is 60.7 Å². The smallest absolute Gasteiger partial charge is 0.305 e. The van der Waals surface area contributed by atoms with Crippen molar-refractivity contribution in [3.63, 3.8) is 0 Å². The maximum Gasteiger partial charge on any atom is 0.305 e. The van der Waals surface area contributed by atoms with Crippen LogP contribution in [0.5, 0.6) is 0 Å². The van der Waals surface area contributed by atoms with Crippen LogP contribution in [0, 0.1) is 0 Å². The molecule has 11 heteroatoms. The highest BCUT2D eigenvalue weighted by Crippen LogP contribution is 2.38. The molecule has 0 aromatic heterocycles. The minimum atomic E-state index is -4.14. The fourth-order valence-electron chi connectivity index (χ4n) is 3.65. The Hall–Kier alpha value is -2.83. The first kappa shape index (κ1) is 26.2. The topological polar surface area (TPSA) is 124 Å². The molecule has 36 heavy (non-hydrogen) atoms. The second-order valence-electron chi connectivity index (χ2n) is 8.24. The summed E-state index contributed by atoms with van der Waals surface area (Å²) in [5.41, 5.74) is -0.437. The Morgan fingerprint density at radius 2 is 1.50 bits per heavy atom. The highest BCUT2D eigenvalue weighted by atomic mass is 32.2. The molecule has 1 fully saturated rings. The first-order chi connectivity index (χ1) is 17.5. The van der Waals surface area contributed by atoms with E-state index in [1.165, 1.54) is 0 Å². The van der Waals surface area contributed by atoms with Gasteiger partial charge in [-0.3, -0.25) is 13.8 Å². The van der Waals surface area contributed by atoms with E-state index in [4.69, 9.17) is 29.2 Å². The fourth-order valence-corrected chi connectivity index (χ4v) is 3.99. The summed E-state index contributed by atoms with van der Waals surface area (Å²) in [5.74, 6) is -1.49. The SMILES string of the molecule is [2H]C(OS(C)(=O)=O)[C@]1(COCc2ccccc2)OC(OC(C)=O)[C@H](OC(C)=O)[C@@H]1OCc1ccccc1. The van der Waals surface area contributed by atoms with Crippen molar-refractivity contribution in [1.29, 1.82) is 0 Å². The van der Waals surface area contributed by atoms with E-state index in [-0.39, 0.29) is 13.2 Å². The molecule has 196 valence electrons. The Morgan fingerprint density at radius 3 is 2.03 bits per heavy atom. The van der Waals surface area contributed by atoms with E-state index in [9.17, 15) is 18.0 Å². The van der Waals surface area contributed by atoms with Crippen LogP contribution >= 0.6 is 0 Å². The van der Waals surface area contributed by atoms with Gasteiger partial charge in [0.25, 0.3) is 10.1 Å². The summed E-state index contributed by atoms with van der Waals surface area (Å²) >= 11 is 0. The number of ether oxygens (including phenoxy) is 5. The zero-order valence-corrected chi connectivity index (χ0v) is 21.0. The lowest BCUT2D eigenvalue weighted by atomic mass is 9.96. The molecule has 3 rings (SSSR count). The zero-order chi connectivity index (χ0) is 27.1. The van der Waals surface area contributed by atoms with Gasteiger partial charge in [0, 0.05) is 13.8 Å². The third kappa shape index (κ3) is 8.10. The maximum absolute atomic E-state index is 12.0. The van der Waals surface area contributed by atoms with E-state index in [0.717, 1.165) is 31.2 Å². The monoisotopic (exact) mass is 523 g/mol. The van der Waals surface area contributed by atoms with E-state index in [1.807, 2.05) is 36.4 Å². The second kappa shape index (κ2) is 12.4. The molecule has 5 atom stereocenters. The Morgan fingerprint density at radius 1 is 0.944 bits per heavy atom. The first-order valence-corrected chi connectivity index (χ1v) is 12.9. The third-order valence-corrected chi connectivity index (χ3v) is 5.55. The maximum atomic E-state index is 12.0. The largest absolute Gasteiger partial charge is 0.453 e. The Bertz CT molecular complexity index is 1140. The average Bonchev–Trinajstić information content (AvgIpc) is 3.10. The van der Waals surface area contributed by atoms with Crippen LogP contribution in [0.15, 0.2) is 60.7 Å². The van der Waals surface area contributed by atoms with E-state index in [0.29, 0.717) is 0 Å². The average molecular weight is 524 g/mol. The lowest BCUT2D eigenvalue weighted by Gasteiger charge is -2.33. The lowest BCUT2D eigenvalue weighted by molar-refractivity contribution is -0.217. The Kier molecular flexibility index (Phi) is 9.05. The molecule has 1 heterocycles. The molecule has 2 aromatic rings. The van der Waals surface area contributed by atoms with E-state index >= 15 is 0 Å². The highest BCUT2D eigenvalue weighted by molar-refractivity contribution is 7.85. The van der Waals surface area contributed by atoms with Crippen molar-refractivity contribution >= 4 is 22.1 Å². The minimum absolute atomic E-state index is 0.0224. The summed E-state index contributed by atoms with van der Waals surface area (Å²) in [7, 11) is -4.14. The lowest BCUT2D eigenvalue weighted by Crippen LogP contribution is -2.53. The number of hydrogen-bond acceptors (Lipinski definition) is 10. The van der Waals surface area contributed by atoms with Crippen LogP contribution in [0.1, 0.15) is 26.3 Å². The van der Waals surface area contributed by atoms with Gasteiger partial charge in [0.2, 0.25) is 6.29 Å². The molecule has 1 saturated heterocycles. The van der Waals surface area contributed by atoms with Crippen LogP contribution in [0.2, 0.25) is 0 Å². The normalized spacial score (nSPS) is 25.1. The minimum Gasteiger partial charge on any atom is -0.453 e. The number of benzene rings is 2. The molecule has 0 amide bonds. The molecule has 0 radical (unpaired) electrons. The molecule has 0 spiro atoms. The summed E-state index contributed by atoms with van der Waals surface area (Å²) in [6, 6.07) is 18.1. The molecule has 2 aromatic carbocycles. The summed E-state index contributed by atoms with van der Waals surface area (Å²) in [5, 5.41) is 0. The van der Waals surface area contributed by atoms with Gasteiger partial charge >= 0.3 is 11.9 Å². The first-order valence-electron chi connectivity index (χ1n) is 11.7. The van der Waals surface area contributed by atoms with Crippen molar-refractivity contribution in [2.45, 2.75) is 51.2 Å². The van der Waals surface area contributed by atoms with Crippen molar-refractivity contribution in [1.82, 2.24) is 0 Å². The van der Waals surface area contributed by atoms with E-state index in [1.54, 1.807) is 24.3 Å². The number of rotatable bonds is 12. The second-order valence-corrected chi connectivity index (χ2v) is 9.84. The van der Waals surface area contributed by atoms with Gasteiger partial charge in [-0.2, -0.15) is 8.42 Å². The van der Waals surface area contributed by atoms with Gasteiger partial charge in [-0.15, -0.1) is 0 Å². The number of carbonyl (C=O) groups is 2. The molecule has 0 aliphatic carbocycles. The molecule has 0 saturated carbocycles. The van der Waals surface area contributed by atoms with Crippen LogP contribution < -0.4 is 0 Å². The molecule has 1 aliphatic rings. The molecular weight excluding hydrogens is 492 g/mol. The van der Waals surface area contributed by atoms with Gasteiger partial charge in [0.15, 0.2) is 11.7 Å². The van der Waals surface area contributed by atoms with Crippen molar-refractivity contribution in [2.75, 3.05) is 19.4 Å². The summed E-state index contributed by atoms with van der Waals surface area (Å²) in [6.07, 6.45) is -3.39. The quantitative estimate of drug-likeness (QED) is 0.302. The van der Waals surface area contributed by atoms with E-state index in [2.05, 4.69) is 0 Å². The van der Waals surface area contributed by atoms with Crippen LogP contribution in [0.4, 0.5) is 0 Å². The number of hydrogen-bond donors (Lipinski definition) is 0. The van der Waals surface area contributed by atoms with Crippen LogP contribution in [-0.4, -0.2) is 63.9 Å². The predicted octanol–water partition coefficient (Wildman–Crippen LogP) is 2.35. The van der Waals surface area contributed by atoms with Gasteiger partial charge in [-0.25, -0.2) is 0 Å². The Balaban J connectivity index is 2.00. The Labute approximate surface area is 211 Å².